The quantitative estimate of drug-likeness (QED) is 0.874. The van der Waals surface area contributed by atoms with Crippen LogP contribution in [0, 0.1) is 0 Å². The molecule has 1 aromatic carbocycles. The minimum atomic E-state index is 0.241. The van der Waals surface area contributed by atoms with Crippen LogP contribution in [0.4, 0.5) is 0 Å². The van der Waals surface area contributed by atoms with Crippen LogP contribution in [0.2, 0.25) is 0 Å². The lowest BCUT2D eigenvalue weighted by Crippen LogP contribution is -2.50. The fourth-order valence-electron chi connectivity index (χ4n) is 3.45. The number of hydrogen-bond acceptors (Lipinski definition) is 3. The Hall–Kier alpha value is -1.39. The molecule has 126 valence electrons. The van der Waals surface area contributed by atoms with Crippen molar-refractivity contribution in [2.45, 2.75) is 57.3 Å². The minimum absolute atomic E-state index is 0.241. The van der Waals surface area contributed by atoms with Crippen LogP contribution < -0.4 is 5.32 Å². The third kappa shape index (κ3) is 4.55. The second-order valence-corrected chi connectivity index (χ2v) is 7.14. The SMILES string of the molecule is C[C@@H]1C[C@H](N(C)C(=O)CNC2CC2)CCN1Cc1ccccc1. The van der Waals surface area contributed by atoms with E-state index >= 15 is 0 Å². The van der Waals surface area contributed by atoms with Crippen LogP contribution in [0.3, 0.4) is 0 Å². The number of amides is 1. The zero-order chi connectivity index (χ0) is 16.2. The number of nitrogens with zero attached hydrogens (tertiary/aromatic N) is 2. The summed E-state index contributed by atoms with van der Waals surface area (Å²) in [5, 5.41) is 3.33. The van der Waals surface area contributed by atoms with Crippen LogP contribution >= 0.6 is 0 Å². The van der Waals surface area contributed by atoms with E-state index in [1.165, 1.54) is 18.4 Å². The van der Waals surface area contributed by atoms with Crippen molar-refractivity contribution in [3.8, 4) is 0 Å². The summed E-state index contributed by atoms with van der Waals surface area (Å²) in [4.78, 5) is 16.8. The molecule has 1 aliphatic heterocycles. The van der Waals surface area contributed by atoms with Crippen molar-refractivity contribution in [1.29, 1.82) is 0 Å². The second kappa shape index (κ2) is 7.45. The van der Waals surface area contributed by atoms with Crippen molar-refractivity contribution < 1.29 is 4.79 Å². The van der Waals surface area contributed by atoms with Gasteiger partial charge in [-0.3, -0.25) is 9.69 Å². The molecule has 1 N–H and O–H groups in total. The standard InChI is InChI=1S/C19H29N3O/c1-15-12-18(21(2)19(23)13-20-17-8-9-17)10-11-22(15)14-16-6-4-3-5-7-16/h3-7,15,17-18,20H,8-14H2,1-2H3/t15-,18-/m1/s1. The summed E-state index contributed by atoms with van der Waals surface area (Å²) in [6, 6.07) is 12.1. The number of carbonyl (C=O) groups excluding carboxylic acids is 1. The maximum atomic E-state index is 12.3. The number of carbonyl (C=O) groups is 1. The number of rotatable bonds is 6. The van der Waals surface area contributed by atoms with Crippen LogP contribution in [-0.2, 0) is 11.3 Å². The van der Waals surface area contributed by atoms with Crippen LogP contribution in [0.25, 0.3) is 0 Å². The molecule has 0 bridgehead atoms. The first kappa shape index (κ1) is 16.5. The Labute approximate surface area is 139 Å². The van der Waals surface area contributed by atoms with E-state index in [1.54, 1.807) is 0 Å². The largest absolute Gasteiger partial charge is 0.342 e. The molecule has 2 atom stereocenters. The van der Waals surface area contributed by atoms with Crippen LogP contribution in [-0.4, -0.2) is 54.0 Å². The van der Waals surface area contributed by atoms with E-state index in [9.17, 15) is 4.79 Å². The fraction of sp³-hybridized carbons (Fsp3) is 0.632. The molecule has 2 fully saturated rings. The molecule has 1 aromatic rings. The predicted molar refractivity (Wildman–Crippen MR) is 93.1 cm³/mol. The molecule has 1 saturated heterocycles. The van der Waals surface area contributed by atoms with Gasteiger partial charge in [0.2, 0.25) is 5.91 Å². The first-order chi connectivity index (χ1) is 11.1. The van der Waals surface area contributed by atoms with Gasteiger partial charge in [0, 0.05) is 38.3 Å². The molecule has 23 heavy (non-hydrogen) atoms. The highest BCUT2D eigenvalue weighted by molar-refractivity contribution is 5.78. The lowest BCUT2D eigenvalue weighted by molar-refractivity contribution is -0.132. The van der Waals surface area contributed by atoms with E-state index in [0.717, 1.165) is 25.9 Å². The normalized spacial score (nSPS) is 25.3. The summed E-state index contributed by atoms with van der Waals surface area (Å²) in [6.07, 6.45) is 4.60. The Bertz CT molecular complexity index is 515. The molecule has 1 aliphatic carbocycles. The summed E-state index contributed by atoms with van der Waals surface area (Å²) in [5.74, 6) is 0.241. The molecule has 2 aliphatic rings. The van der Waals surface area contributed by atoms with Gasteiger partial charge in [-0.2, -0.15) is 0 Å². The first-order valence-electron chi connectivity index (χ1n) is 8.90. The smallest absolute Gasteiger partial charge is 0.236 e. The third-order valence-electron chi connectivity index (χ3n) is 5.27. The van der Waals surface area contributed by atoms with E-state index in [4.69, 9.17) is 0 Å². The molecule has 1 heterocycles. The summed E-state index contributed by atoms with van der Waals surface area (Å²) in [5.41, 5.74) is 1.37. The molecule has 0 aromatic heterocycles. The Morgan fingerprint density at radius 2 is 2.00 bits per heavy atom. The van der Waals surface area contributed by atoms with Gasteiger partial charge in [-0.05, 0) is 38.2 Å². The van der Waals surface area contributed by atoms with Crippen LogP contribution in [0.15, 0.2) is 30.3 Å². The first-order valence-corrected chi connectivity index (χ1v) is 8.90. The minimum Gasteiger partial charge on any atom is -0.342 e. The summed E-state index contributed by atoms with van der Waals surface area (Å²) < 4.78 is 0. The predicted octanol–water partition coefficient (Wildman–Crippen LogP) is 2.25. The van der Waals surface area contributed by atoms with E-state index in [0.29, 0.717) is 24.7 Å². The Balaban J connectivity index is 1.48. The summed E-state index contributed by atoms with van der Waals surface area (Å²) in [7, 11) is 1.97. The Kier molecular flexibility index (Phi) is 5.34. The molecule has 4 nitrogen and oxygen atoms in total. The molecule has 0 unspecified atom stereocenters. The average molecular weight is 315 g/mol. The lowest BCUT2D eigenvalue weighted by atomic mass is 9.96. The average Bonchev–Trinajstić information content (AvgIpc) is 3.39. The van der Waals surface area contributed by atoms with Gasteiger partial charge in [-0.1, -0.05) is 30.3 Å². The third-order valence-corrected chi connectivity index (χ3v) is 5.27. The van der Waals surface area contributed by atoms with Crippen molar-refractivity contribution in [2.75, 3.05) is 20.1 Å². The molecular weight excluding hydrogens is 286 g/mol. The number of hydrogen-bond donors (Lipinski definition) is 1. The zero-order valence-corrected chi connectivity index (χ0v) is 14.4. The molecular formula is C19H29N3O. The number of benzene rings is 1. The van der Waals surface area contributed by atoms with Crippen molar-refractivity contribution >= 4 is 5.91 Å². The maximum absolute atomic E-state index is 12.3. The van der Waals surface area contributed by atoms with Gasteiger partial charge in [-0.15, -0.1) is 0 Å². The van der Waals surface area contributed by atoms with Crippen molar-refractivity contribution in [1.82, 2.24) is 15.1 Å². The lowest BCUT2D eigenvalue weighted by Gasteiger charge is -2.41. The second-order valence-electron chi connectivity index (χ2n) is 7.14. The molecule has 3 rings (SSSR count). The van der Waals surface area contributed by atoms with E-state index in [1.807, 2.05) is 11.9 Å². The van der Waals surface area contributed by atoms with E-state index in [2.05, 4.69) is 47.5 Å². The maximum Gasteiger partial charge on any atom is 0.236 e. The topological polar surface area (TPSA) is 35.6 Å². The monoisotopic (exact) mass is 315 g/mol. The number of likely N-dealkylation sites (tertiary alicyclic amines) is 1. The van der Waals surface area contributed by atoms with Crippen LogP contribution in [0.1, 0.15) is 38.2 Å². The Morgan fingerprint density at radius 3 is 2.65 bits per heavy atom. The highest BCUT2D eigenvalue weighted by Gasteiger charge is 2.30. The van der Waals surface area contributed by atoms with Gasteiger partial charge in [0.15, 0.2) is 0 Å². The van der Waals surface area contributed by atoms with Crippen molar-refractivity contribution in [2.24, 2.45) is 0 Å². The van der Waals surface area contributed by atoms with Gasteiger partial charge in [0.05, 0.1) is 6.54 Å². The van der Waals surface area contributed by atoms with E-state index in [-0.39, 0.29) is 5.91 Å². The van der Waals surface area contributed by atoms with E-state index < -0.39 is 0 Å². The highest BCUT2D eigenvalue weighted by atomic mass is 16.2. The van der Waals surface area contributed by atoms with Gasteiger partial charge >= 0.3 is 0 Å². The van der Waals surface area contributed by atoms with Gasteiger partial charge < -0.3 is 10.2 Å². The zero-order valence-electron chi connectivity index (χ0n) is 14.4. The molecule has 1 saturated carbocycles. The molecule has 0 spiro atoms. The summed E-state index contributed by atoms with van der Waals surface area (Å²) >= 11 is 0. The van der Waals surface area contributed by atoms with Crippen LogP contribution in [0.5, 0.6) is 0 Å². The number of nitrogens with one attached hydrogen (secondary N) is 1. The fourth-order valence-corrected chi connectivity index (χ4v) is 3.45. The Morgan fingerprint density at radius 1 is 1.26 bits per heavy atom. The van der Waals surface area contributed by atoms with Gasteiger partial charge in [0.1, 0.15) is 0 Å². The molecule has 0 radical (unpaired) electrons. The van der Waals surface area contributed by atoms with Crippen molar-refractivity contribution in [3.05, 3.63) is 35.9 Å². The highest BCUT2D eigenvalue weighted by Crippen LogP contribution is 2.23. The molecule has 1 amide bonds. The summed E-state index contributed by atoms with van der Waals surface area (Å²) in [6.45, 7) is 4.86. The van der Waals surface area contributed by atoms with Gasteiger partial charge in [0.25, 0.3) is 0 Å². The van der Waals surface area contributed by atoms with Crippen molar-refractivity contribution in [3.63, 3.8) is 0 Å². The van der Waals surface area contributed by atoms with Gasteiger partial charge in [-0.25, -0.2) is 0 Å². The molecule has 4 heteroatoms. The number of likely N-dealkylation sites (N-methyl/N-ethyl adjacent to an activating group) is 1. The number of piperidine rings is 1.